The van der Waals surface area contributed by atoms with Gasteiger partial charge < -0.3 is 13.9 Å². The molecule has 28 heavy (non-hydrogen) atoms. The second-order valence-corrected chi connectivity index (χ2v) is 8.37. The van der Waals surface area contributed by atoms with E-state index in [1.807, 2.05) is 18.3 Å². The van der Waals surface area contributed by atoms with Gasteiger partial charge in [0.25, 0.3) is 0 Å². The predicted octanol–water partition coefficient (Wildman–Crippen LogP) is 4.48. The molecule has 0 unspecified atom stereocenters. The average Bonchev–Trinajstić information content (AvgIpc) is 3.12. The first-order valence-electron chi connectivity index (χ1n) is 9.68. The summed E-state index contributed by atoms with van der Waals surface area (Å²) in [5, 5.41) is 1.14. The number of pyridine rings is 1. The quantitative estimate of drug-likeness (QED) is 0.488. The van der Waals surface area contributed by atoms with Crippen molar-refractivity contribution in [1.82, 2.24) is 9.55 Å². The summed E-state index contributed by atoms with van der Waals surface area (Å²) in [6.07, 6.45) is 1.85. The summed E-state index contributed by atoms with van der Waals surface area (Å²) in [5.41, 5.74) is 4.52. The number of fused-ring (bicyclic) bond motifs is 3. The maximum absolute atomic E-state index is 6.36. The van der Waals surface area contributed by atoms with Crippen molar-refractivity contribution in [3.8, 4) is 5.69 Å². The minimum Gasteiger partial charge on any atom is -0.399 e. The van der Waals surface area contributed by atoms with Gasteiger partial charge in [0, 0.05) is 22.7 Å². The van der Waals surface area contributed by atoms with Crippen molar-refractivity contribution in [3.05, 3.63) is 66.9 Å². The Hall–Kier alpha value is -2.63. The topological polar surface area (TPSA) is 36.3 Å². The summed E-state index contributed by atoms with van der Waals surface area (Å²) in [7, 11) is -0.422. The van der Waals surface area contributed by atoms with Crippen LogP contribution in [0.2, 0.25) is 0 Å². The van der Waals surface area contributed by atoms with E-state index in [2.05, 4.69) is 85.8 Å². The van der Waals surface area contributed by atoms with Crippen molar-refractivity contribution < 1.29 is 9.31 Å². The molecule has 0 bridgehead atoms. The maximum Gasteiger partial charge on any atom is 0.496 e. The van der Waals surface area contributed by atoms with Crippen molar-refractivity contribution in [3.63, 3.8) is 0 Å². The van der Waals surface area contributed by atoms with Crippen LogP contribution in [0.5, 0.6) is 0 Å². The Kier molecular flexibility index (Phi) is 3.70. The van der Waals surface area contributed by atoms with Crippen LogP contribution in [0, 0.1) is 0 Å². The van der Waals surface area contributed by atoms with Gasteiger partial charge in [-0.25, -0.2) is 0 Å². The highest BCUT2D eigenvalue weighted by Crippen LogP contribution is 2.37. The van der Waals surface area contributed by atoms with E-state index in [1.54, 1.807) is 0 Å². The van der Waals surface area contributed by atoms with Crippen LogP contribution in [-0.4, -0.2) is 27.9 Å². The van der Waals surface area contributed by atoms with Gasteiger partial charge in [0.1, 0.15) is 0 Å². The molecule has 2 aromatic heterocycles. The first-order valence-corrected chi connectivity index (χ1v) is 9.68. The summed E-state index contributed by atoms with van der Waals surface area (Å²) in [6, 6.07) is 20.8. The summed E-state index contributed by atoms with van der Waals surface area (Å²) in [5.74, 6) is 0. The van der Waals surface area contributed by atoms with Crippen LogP contribution < -0.4 is 5.46 Å². The van der Waals surface area contributed by atoms with E-state index in [1.165, 1.54) is 0 Å². The number of hydrogen-bond acceptors (Lipinski definition) is 3. The third kappa shape index (κ3) is 2.43. The molecule has 1 aliphatic rings. The van der Waals surface area contributed by atoms with Crippen LogP contribution >= 0.6 is 0 Å². The van der Waals surface area contributed by atoms with Crippen molar-refractivity contribution in [1.29, 1.82) is 0 Å². The molecule has 2 aromatic carbocycles. The molecule has 4 nitrogen and oxygen atoms in total. The van der Waals surface area contributed by atoms with Gasteiger partial charge in [-0.15, -0.1) is 0 Å². The summed E-state index contributed by atoms with van der Waals surface area (Å²) >= 11 is 0. The van der Waals surface area contributed by atoms with Crippen molar-refractivity contribution >= 4 is 34.5 Å². The molecule has 5 heteroatoms. The molecule has 0 radical (unpaired) electrons. The van der Waals surface area contributed by atoms with Gasteiger partial charge in [0.05, 0.1) is 27.8 Å². The van der Waals surface area contributed by atoms with Crippen LogP contribution in [0.3, 0.4) is 0 Å². The summed E-state index contributed by atoms with van der Waals surface area (Å²) in [6.45, 7) is 8.33. The Morgan fingerprint density at radius 2 is 1.43 bits per heavy atom. The van der Waals surface area contributed by atoms with Crippen LogP contribution in [0.1, 0.15) is 27.7 Å². The zero-order valence-corrected chi connectivity index (χ0v) is 16.6. The SMILES string of the molecule is CC1(C)OB(c2ccccc2-n2c3ccccc3c3ncccc32)OC1(C)C. The molecule has 0 aliphatic carbocycles. The van der Waals surface area contributed by atoms with Crippen LogP contribution in [0.15, 0.2) is 66.9 Å². The van der Waals surface area contributed by atoms with Crippen molar-refractivity contribution in [2.24, 2.45) is 0 Å². The van der Waals surface area contributed by atoms with Crippen LogP contribution in [-0.2, 0) is 9.31 Å². The van der Waals surface area contributed by atoms with E-state index in [-0.39, 0.29) is 11.2 Å². The molecule has 1 aliphatic heterocycles. The molecule has 140 valence electrons. The smallest absolute Gasteiger partial charge is 0.399 e. The number of nitrogens with zero attached hydrogens (tertiary/aromatic N) is 2. The maximum atomic E-state index is 6.36. The van der Waals surface area contributed by atoms with Gasteiger partial charge in [-0.2, -0.15) is 0 Å². The lowest BCUT2D eigenvalue weighted by Gasteiger charge is -2.32. The van der Waals surface area contributed by atoms with E-state index in [4.69, 9.17) is 9.31 Å². The normalized spacial score (nSPS) is 18.2. The second kappa shape index (κ2) is 5.93. The van der Waals surface area contributed by atoms with Gasteiger partial charge in [-0.1, -0.05) is 36.4 Å². The first kappa shape index (κ1) is 17.5. The van der Waals surface area contributed by atoms with E-state index in [9.17, 15) is 0 Å². The molecule has 0 spiro atoms. The zero-order chi connectivity index (χ0) is 19.5. The van der Waals surface area contributed by atoms with Crippen molar-refractivity contribution in [2.75, 3.05) is 0 Å². The monoisotopic (exact) mass is 370 g/mol. The molecule has 0 N–H and O–H groups in total. The largest absolute Gasteiger partial charge is 0.496 e. The highest BCUT2D eigenvalue weighted by atomic mass is 16.7. The van der Waals surface area contributed by atoms with E-state index in [0.29, 0.717) is 0 Å². The number of para-hydroxylation sites is 2. The molecule has 0 amide bonds. The molecule has 4 aromatic rings. The number of rotatable bonds is 2. The lowest BCUT2D eigenvalue weighted by atomic mass is 9.77. The molecule has 0 saturated carbocycles. The standard InChI is InChI=1S/C23H23BN2O2/c1-22(2)23(3,4)28-24(27-22)17-11-6-8-13-19(17)26-18-12-7-5-10-16(18)21-20(26)14-9-15-25-21/h5-15H,1-4H3. The molecule has 1 fully saturated rings. The molecule has 3 heterocycles. The van der Waals surface area contributed by atoms with E-state index >= 15 is 0 Å². The third-order valence-electron chi connectivity index (χ3n) is 6.11. The molecule has 5 rings (SSSR count). The van der Waals surface area contributed by atoms with Crippen molar-refractivity contribution in [2.45, 2.75) is 38.9 Å². The fourth-order valence-corrected chi connectivity index (χ4v) is 3.90. The predicted molar refractivity (Wildman–Crippen MR) is 114 cm³/mol. The van der Waals surface area contributed by atoms with Gasteiger partial charge in [-0.3, -0.25) is 4.98 Å². The van der Waals surface area contributed by atoms with Gasteiger partial charge in [-0.05, 0) is 52.0 Å². The minimum atomic E-state index is -0.422. The third-order valence-corrected chi connectivity index (χ3v) is 6.11. The van der Waals surface area contributed by atoms with Gasteiger partial charge in [0.15, 0.2) is 0 Å². The van der Waals surface area contributed by atoms with E-state index in [0.717, 1.165) is 33.1 Å². The van der Waals surface area contributed by atoms with Crippen LogP contribution in [0.4, 0.5) is 0 Å². The fraction of sp³-hybridized carbons (Fsp3) is 0.261. The lowest BCUT2D eigenvalue weighted by Crippen LogP contribution is -2.41. The summed E-state index contributed by atoms with van der Waals surface area (Å²) < 4.78 is 15.0. The first-order chi connectivity index (χ1) is 13.4. The highest BCUT2D eigenvalue weighted by Gasteiger charge is 2.52. The van der Waals surface area contributed by atoms with Gasteiger partial charge >= 0.3 is 7.12 Å². The Balaban J connectivity index is 1.77. The van der Waals surface area contributed by atoms with Crippen LogP contribution in [0.25, 0.3) is 27.6 Å². The molecular formula is C23H23BN2O2. The Labute approximate surface area is 165 Å². The average molecular weight is 370 g/mol. The zero-order valence-electron chi connectivity index (χ0n) is 16.6. The number of benzene rings is 2. The molecule has 1 saturated heterocycles. The lowest BCUT2D eigenvalue weighted by molar-refractivity contribution is 0.00578. The Morgan fingerprint density at radius 1 is 0.786 bits per heavy atom. The molecule has 0 atom stereocenters. The minimum absolute atomic E-state index is 0.382. The molecular weight excluding hydrogens is 347 g/mol. The summed E-state index contributed by atoms with van der Waals surface area (Å²) in [4.78, 5) is 4.65. The second-order valence-electron chi connectivity index (χ2n) is 8.37. The number of aromatic nitrogens is 2. The van der Waals surface area contributed by atoms with E-state index < -0.39 is 7.12 Å². The van der Waals surface area contributed by atoms with Gasteiger partial charge in [0.2, 0.25) is 0 Å². The highest BCUT2D eigenvalue weighted by molar-refractivity contribution is 6.63. The Morgan fingerprint density at radius 3 is 2.21 bits per heavy atom. The Bertz CT molecular complexity index is 1130. The number of hydrogen-bond donors (Lipinski definition) is 0. The fourth-order valence-electron chi connectivity index (χ4n) is 3.90.